The number of aryl methyl sites for hydroxylation is 2. The number of anilines is 1. The van der Waals surface area contributed by atoms with Gasteiger partial charge in [0, 0.05) is 23.5 Å². The van der Waals surface area contributed by atoms with Crippen LogP contribution >= 0.6 is 11.8 Å². The summed E-state index contributed by atoms with van der Waals surface area (Å²) < 4.78 is 0. The molecule has 2 aliphatic rings. The number of hydrogen-bond donors (Lipinski definition) is 1. The highest BCUT2D eigenvalue weighted by atomic mass is 32.2. The van der Waals surface area contributed by atoms with E-state index in [-0.39, 0.29) is 11.8 Å². The van der Waals surface area contributed by atoms with Crippen LogP contribution < -0.4 is 10.2 Å². The Morgan fingerprint density at radius 2 is 1.91 bits per heavy atom. The fraction of sp³-hybridized carbons (Fsp3) is 0.500. The molecule has 2 aliphatic heterocycles. The van der Waals surface area contributed by atoms with Gasteiger partial charge in [0.05, 0.1) is 18.0 Å². The molecule has 5 nitrogen and oxygen atoms in total. The van der Waals surface area contributed by atoms with Crippen LogP contribution in [0.5, 0.6) is 0 Å². The highest BCUT2D eigenvalue weighted by Gasteiger charge is 2.26. The molecule has 0 aliphatic carbocycles. The standard InChI is InChI=1S/C28H37N3O2S/c1-19-9-11-30(12-10-19)16-21(3)15-29-28(33)23-7-8-26-25(14-23)31(27(32)18-34-26)17-24-13-20(2)5-6-22(24)4/h5-8,13-14,19,21H,9-12,15-18H2,1-4H3,(H,29,33)/t21-/m1/s1. The first-order valence-electron chi connectivity index (χ1n) is 12.4. The van der Waals surface area contributed by atoms with Gasteiger partial charge in [0.2, 0.25) is 5.91 Å². The summed E-state index contributed by atoms with van der Waals surface area (Å²) in [6.45, 7) is 13.2. The zero-order chi connectivity index (χ0) is 24.2. The Morgan fingerprint density at radius 1 is 1.15 bits per heavy atom. The molecular weight excluding hydrogens is 442 g/mol. The lowest BCUT2D eigenvalue weighted by molar-refractivity contribution is -0.116. The van der Waals surface area contributed by atoms with Crippen molar-refractivity contribution in [2.75, 3.05) is 36.8 Å². The van der Waals surface area contributed by atoms with E-state index in [4.69, 9.17) is 0 Å². The van der Waals surface area contributed by atoms with Crippen molar-refractivity contribution in [3.63, 3.8) is 0 Å². The van der Waals surface area contributed by atoms with Crippen LogP contribution in [0.25, 0.3) is 0 Å². The van der Waals surface area contributed by atoms with Crippen LogP contribution in [0.2, 0.25) is 0 Å². The van der Waals surface area contributed by atoms with Crippen LogP contribution in [0.15, 0.2) is 41.3 Å². The van der Waals surface area contributed by atoms with Crippen LogP contribution in [0.1, 0.15) is 53.7 Å². The molecule has 2 aromatic rings. The average Bonchev–Trinajstić information content (AvgIpc) is 2.82. The Kier molecular flexibility index (Phi) is 7.99. The van der Waals surface area contributed by atoms with Gasteiger partial charge in [-0.1, -0.05) is 37.6 Å². The SMILES string of the molecule is Cc1ccc(C)c(CN2C(=O)CSc3ccc(C(=O)NC[C@@H](C)CN4CCC(C)CC4)cc32)c1. The Balaban J connectivity index is 1.42. The summed E-state index contributed by atoms with van der Waals surface area (Å²) in [5.41, 5.74) is 4.94. The van der Waals surface area contributed by atoms with E-state index in [0.29, 0.717) is 30.3 Å². The fourth-order valence-electron chi connectivity index (χ4n) is 4.78. The molecule has 2 aromatic carbocycles. The molecule has 1 atom stereocenters. The van der Waals surface area contributed by atoms with Crippen molar-refractivity contribution in [2.45, 2.75) is 52.0 Å². The normalized spacial score (nSPS) is 18.0. The topological polar surface area (TPSA) is 52.7 Å². The van der Waals surface area contributed by atoms with E-state index in [2.05, 4.69) is 56.1 Å². The molecule has 6 heteroatoms. The fourth-order valence-corrected chi connectivity index (χ4v) is 5.69. The van der Waals surface area contributed by atoms with Gasteiger partial charge >= 0.3 is 0 Å². The number of thioether (sulfide) groups is 1. The summed E-state index contributed by atoms with van der Waals surface area (Å²) >= 11 is 1.55. The number of amides is 2. The number of likely N-dealkylation sites (tertiary alicyclic amines) is 1. The van der Waals surface area contributed by atoms with E-state index >= 15 is 0 Å². The number of nitrogens with zero attached hydrogens (tertiary/aromatic N) is 2. The molecule has 34 heavy (non-hydrogen) atoms. The first-order valence-corrected chi connectivity index (χ1v) is 13.4. The molecule has 4 rings (SSSR count). The Bertz CT molecular complexity index is 1050. The van der Waals surface area contributed by atoms with Crippen molar-refractivity contribution in [1.82, 2.24) is 10.2 Å². The smallest absolute Gasteiger partial charge is 0.251 e. The number of piperidine rings is 1. The molecule has 0 spiro atoms. The zero-order valence-electron chi connectivity index (χ0n) is 20.9. The second-order valence-corrected chi connectivity index (χ2v) is 11.2. The minimum absolute atomic E-state index is 0.0726. The molecule has 0 saturated carbocycles. The third-order valence-corrected chi connectivity index (χ3v) is 8.10. The first kappa shape index (κ1) is 24.8. The monoisotopic (exact) mass is 479 g/mol. The van der Waals surface area contributed by atoms with E-state index in [9.17, 15) is 9.59 Å². The summed E-state index contributed by atoms with van der Waals surface area (Å²) in [6, 6.07) is 12.1. The number of carbonyl (C=O) groups is 2. The summed E-state index contributed by atoms with van der Waals surface area (Å²) in [5.74, 6) is 1.66. The molecule has 2 heterocycles. The van der Waals surface area contributed by atoms with Gasteiger partial charge in [0.15, 0.2) is 0 Å². The van der Waals surface area contributed by atoms with E-state index in [1.54, 1.807) is 11.8 Å². The van der Waals surface area contributed by atoms with E-state index in [0.717, 1.165) is 41.7 Å². The average molecular weight is 480 g/mol. The maximum atomic E-state index is 13.0. The van der Waals surface area contributed by atoms with Gasteiger partial charge in [-0.3, -0.25) is 9.59 Å². The Hall–Kier alpha value is -2.31. The van der Waals surface area contributed by atoms with Crippen LogP contribution in [0.4, 0.5) is 5.69 Å². The lowest BCUT2D eigenvalue weighted by atomic mass is 9.98. The van der Waals surface area contributed by atoms with Crippen molar-refractivity contribution in [3.8, 4) is 0 Å². The second-order valence-electron chi connectivity index (χ2n) is 10.2. The predicted octanol–water partition coefficient (Wildman–Crippen LogP) is 5.04. The van der Waals surface area contributed by atoms with Gasteiger partial charge in [-0.05, 0) is 80.9 Å². The lowest BCUT2D eigenvalue weighted by Crippen LogP contribution is -2.39. The number of rotatable bonds is 7. The Morgan fingerprint density at radius 3 is 2.68 bits per heavy atom. The van der Waals surface area contributed by atoms with Crippen molar-refractivity contribution in [1.29, 1.82) is 0 Å². The molecule has 0 radical (unpaired) electrons. The summed E-state index contributed by atoms with van der Waals surface area (Å²) in [5, 5.41) is 3.12. The van der Waals surface area contributed by atoms with Gasteiger partial charge < -0.3 is 15.1 Å². The van der Waals surface area contributed by atoms with Gasteiger partial charge in [0.1, 0.15) is 0 Å². The van der Waals surface area contributed by atoms with Crippen LogP contribution in [-0.2, 0) is 11.3 Å². The molecule has 2 amide bonds. The zero-order valence-corrected chi connectivity index (χ0v) is 21.7. The van der Waals surface area contributed by atoms with Crippen molar-refractivity contribution in [3.05, 3.63) is 58.7 Å². The third-order valence-electron chi connectivity index (χ3n) is 7.05. The maximum Gasteiger partial charge on any atom is 0.251 e. The number of nitrogens with one attached hydrogen (secondary N) is 1. The van der Waals surface area contributed by atoms with Crippen molar-refractivity contribution >= 4 is 29.3 Å². The van der Waals surface area contributed by atoms with Crippen LogP contribution in [0.3, 0.4) is 0 Å². The summed E-state index contributed by atoms with van der Waals surface area (Å²) in [7, 11) is 0. The highest BCUT2D eigenvalue weighted by Crippen LogP contribution is 2.37. The van der Waals surface area contributed by atoms with Crippen LogP contribution in [-0.4, -0.2) is 48.6 Å². The highest BCUT2D eigenvalue weighted by molar-refractivity contribution is 8.00. The molecular formula is C28H37N3O2S. The van der Waals surface area contributed by atoms with E-state index in [1.807, 2.05) is 23.1 Å². The van der Waals surface area contributed by atoms with Gasteiger partial charge in [-0.15, -0.1) is 11.8 Å². The number of fused-ring (bicyclic) bond motifs is 1. The summed E-state index contributed by atoms with van der Waals surface area (Å²) in [4.78, 5) is 31.2. The first-order chi connectivity index (χ1) is 16.3. The minimum atomic E-state index is -0.0726. The van der Waals surface area contributed by atoms with Gasteiger partial charge in [-0.25, -0.2) is 0 Å². The van der Waals surface area contributed by atoms with Gasteiger partial charge in [-0.2, -0.15) is 0 Å². The molecule has 0 aromatic heterocycles. The minimum Gasteiger partial charge on any atom is -0.352 e. The second kappa shape index (κ2) is 11.0. The largest absolute Gasteiger partial charge is 0.352 e. The Labute approximate surface area is 208 Å². The number of benzene rings is 2. The lowest BCUT2D eigenvalue weighted by Gasteiger charge is -2.32. The third kappa shape index (κ3) is 6.02. The van der Waals surface area contributed by atoms with Crippen LogP contribution in [0, 0.1) is 25.7 Å². The van der Waals surface area contributed by atoms with Crippen molar-refractivity contribution < 1.29 is 9.59 Å². The summed E-state index contributed by atoms with van der Waals surface area (Å²) in [6.07, 6.45) is 2.53. The van der Waals surface area contributed by atoms with Gasteiger partial charge in [0.25, 0.3) is 5.91 Å². The molecule has 0 unspecified atom stereocenters. The number of carbonyl (C=O) groups excluding carboxylic acids is 2. The maximum absolute atomic E-state index is 13.0. The molecule has 1 saturated heterocycles. The van der Waals surface area contributed by atoms with E-state index in [1.165, 1.54) is 24.0 Å². The molecule has 1 fully saturated rings. The molecule has 182 valence electrons. The number of hydrogen-bond acceptors (Lipinski definition) is 4. The molecule has 0 bridgehead atoms. The van der Waals surface area contributed by atoms with E-state index < -0.39 is 0 Å². The van der Waals surface area contributed by atoms with Crippen molar-refractivity contribution in [2.24, 2.45) is 11.8 Å². The molecule has 1 N–H and O–H groups in total. The predicted molar refractivity (Wildman–Crippen MR) is 141 cm³/mol. The quantitative estimate of drug-likeness (QED) is 0.605.